The Labute approximate surface area is 365 Å². The summed E-state index contributed by atoms with van der Waals surface area (Å²) in [6.07, 6.45) is 0. The minimum atomic E-state index is 0.645. The maximum atomic E-state index is 5.39. The topological polar surface area (TPSA) is 64.5 Å². The number of fused-ring (bicyclic) bond motifs is 6. The third-order valence-electron chi connectivity index (χ3n) is 11.4. The molecule has 8 aromatic carbocycles. The summed E-state index contributed by atoms with van der Waals surface area (Å²) in [5.74, 6) is 2.64. The molecule has 0 aliphatic rings. The Hall–Kier alpha value is -7.71. The molecule has 0 saturated heterocycles. The number of nitrogens with zero attached hydrogens (tertiary/aromatic N) is 5. The third kappa shape index (κ3) is 6.34. The van der Waals surface area contributed by atoms with Gasteiger partial charge in [0.2, 0.25) is 0 Å². The molecule has 5 nitrogen and oxygen atoms in total. The van der Waals surface area contributed by atoms with Crippen LogP contribution in [0.2, 0.25) is 0 Å². The minimum absolute atomic E-state index is 0.645. The van der Waals surface area contributed by atoms with Crippen molar-refractivity contribution in [2.45, 2.75) is 0 Å². The second-order valence-electron chi connectivity index (χ2n) is 15.2. The first-order chi connectivity index (χ1) is 30.7. The Bertz CT molecular complexity index is 3580. The van der Waals surface area contributed by atoms with Crippen LogP contribution in [0.5, 0.6) is 0 Å². The predicted molar refractivity (Wildman–Crippen MR) is 259 cm³/mol. The molecular formula is C55H33N5S2. The molecule has 62 heavy (non-hydrogen) atoms. The van der Waals surface area contributed by atoms with Crippen LogP contribution in [0.4, 0.5) is 0 Å². The molecule has 0 N–H and O–H groups in total. The van der Waals surface area contributed by atoms with Gasteiger partial charge in [-0.25, -0.2) is 24.9 Å². The van der Waals surface area contributed by atoms with Crippen molar-refractivity contribution in [3.05, 3.63) is 200 Å². The second-order valence-corrected chi connectivity index (χ2v) is 17.3. The predicted octanol–water partition coefficient (Wildman–Crippen LogP) is 15.1. The molecule has 290 valence electrons. The van der Waals surface area contributed by atoms with E-state index in [1.807, 2.05) is 60.7 Å². The van der Waals surface area contributed by atoms with E-state index < -0.39 is 0 Å². The maximum absolute atomic E-state index is 5.39. The average Bonchev–Trinajstić information content (AvgIpc) is 3.93. The normalized spacial score (nSPS) is 11.5. The standard InChI is InChI=1S/C55H33N5S2/c1-4-16-34(17-5-1)37-22-12-24-39(32-37)48-51-49(42-26-10-11-30-45(42)61-51)57-54(56-48)40-25-13-23-38(33-40)41-27-14-28-43-47-44(29-15-31-46(47)62-50(41)43)55-59-52(35-18-6-2-7-19-35)58-53(60-55)36-20-8-3-9-21-36/h1-33H. The van der Waals surface area contributed by atoms with E-state index in [0.717, 1.165) is 76.6 Å². The fraction of sp³-hybridized carbons (Fsp3) is 0. The lowest BCUT2D eigenvalue weighted by molar-refractivity contribution is 1.08. The van der Waals surface area contributed by atoms with Gasteiger partial charge in [-0.15, -0.1) is 22.7 Å². The highest BCUT2D eigenvalue weighted by atomic mass is 32.1. The van der Waals surface area contributed by atoms with Gasteiger partial charge in [0.25, 0.3) is 0 Å². The molecule has 4 aromatic heterocycles. The van der Waals surface area contributed by atoms with Gasteiger partial charge in [-0.1, -0.05) is 176 Å². The second kappa shape index (κ2) is 15.1. The van der Waals surface area contributed by atoms with Crippen molar-refractivity contribution in [3.8, 4) is 79.1 Å². The highest BCUT2D eigenvalue weighted by molar-refractivity contribution is 7.26. The van der Waals surface area contributed by atoms with Crippen molar-refractivity contribution < 1.29 is 0 Å². The number of thiophene rings is 2. The van der Waals surface area contributed by atoms with Crippen molar-refractivity contribution in [3.63, 3.8) is 0 Å². The zero-order valence-corrected chi connectivity index (χ0v) is 34.7. The summed E-state index contributed by atoms with van der Waals surface area (Å²) < 4.78 is 4.66. The first-order valence-electron chi connectivity index (χ1n) is 20.5. The van der Waals surface area contributed by atoms with Gasteiger partial charge in [-0.05, 0) is 46.5 Å². The van der Waals surface area contributed by atoms with Crippen molar-refractivity contribution in [1.29, 1.82) is 0 Å². The number of aromatic nitrogens is 5. The minimum Gasteiger partial charge on any atom is -0.226 e. The SMILES string of the molecule is c1ccc(-c2cccc(-c3nc(-c4cccc(-c5cccc6c5sc5cccc(-c7nc(-c8ccccc8)nc(-c8ccccc8)n7)c56)c4)nc4c3sc3ccccc34)c2)cc1. The molecular weight excluding hydrogens is 795 g/mol. The number of benzene rings is 8. The lowest BCUT2D eigenvalue weighted by Gasteiger charge is -2.11. The van der Waals surface area contributed by atoms with Crippen LogP contribution in [-0.2, 0) is 0 Å². The molecule has 12 rings (SSSR count). The van der Waals surface area contributed by atoms with Crippen LogP contribution in [0.15, 0.2) is 200 Å². The monoisotopic (exact) mass is 827 g/mol. The van der Waals surface area contributed by atoms with Gasteiger partial charge < -0.3 is 0 Å². The zero-order valence-electron chi connectivity index (χ0n) is 33.1. The van der Waals surface area contributed by atoms with Crippen molar-refractivity contribution in [1.82, 2.24) is 24.9 Å². The van der Waals surface area contributed by atoms with Gasteiger partial charge in [-0.2, -0.15) is 0 Å². The van der Waals surface area contributed by atoms with E-state index in [1.165, 1.54) is 19.7 Å². The van der Waals surface area contributed by atoms with Crippen LogP contribution >= 0.6 is 22.7 Å². The van der Waals surface area contributed by atoms with E-state index >= 15 is 0 Å². The Kier molecular flexibility index (Phi) is 8.80. The maximum Gasteiger partial charge on any atom is 0.164 e. The van der Waals surface area contributed by atoms with Gasteiger partial charge in [0, 0.05) is 58.1 Å². The van der Waals surface area contributed by atoms with Gasteiger partial charge in [0.1, 0.15) is 0 Å². The van der Waals surface area contributed by atoms with Gasteiger partial charge in [0.15, 0.2) is 23.3 Å². The molecule has 0 saturated carbocycles. The summed E-state index contributed by atoms with van der Waals surface area (Å²) >= 11 is 3.55. The molecule has 0 aliphatic heterocycles. The molecule has 0 fully saturated rings. The molecule has 0 amide bonds. The number of hydrogen-bond acceptors (Lipinski definition) is 7. The lowest BCUT2D eigenvalue weighted by atomic mass is 9.99. The Morgan fingerprint density at radius 2 is 0.790 bits per heavy atom. The number of rotatable bonds is 7. The van der Waals surface area contributed by atoms with Crippen LogP contribution < -0.4 is 0 Å². The molecule has 0 radical (unpaired) electrons. The van der Waals surface area contributed by atoms with Gasteiger partial charge in [0.05, 0.1) is 15.9 Å². The van der Waals surface area contributed by atoms with Crippen LogP contribution in [-0.4, -0.2) is 24.9 Å². The van der Waals surface area contributed by atoms with Gasteiger partial charge in [-0.3, -0.25) is 0 Å². The first kappa shape index (κ1) is 36.2. The summed E-state index contributed by atoms with van der Waals surface area (Å²) in [6.45, 7) is 0. The average molecular weight is 828 g/mol. The molecule has 0 atom stereocenters. The van der Waals surface area contributed by atoms with E-state index in [2.05, 4.69) is 140 Å². The summed E-state index contributed by atoms with van der Waals surface area (Å²) in [7, 11) is 0. The highest BCUT2D eigenvalue weighted by Gasteiger charge is 2.20. The highest BCUT2D eigenvalue weighted by Crippen LogP contribution is 2.45. The fourth-order valence-electron chi connectivity index (χ4n) is 8.41. The van der Waals surface area contributed by atoms with Crippen LogP contribution in [0.1, 0.15) is 0 Å². The molecule has 12 aromatic rings. The van der Waals surface area contributed by atoms with E-state index in [0.29, 0.717) is 23.3 Å². The summed E-state index contributed by atoms with van der Waals surface area (Å²) in [4.78, 5) is 25.9. The molecule has 0 unspecified atom stereocenters. The molecule has 4 heterocycles. The third-order valence-corrected chi connectivity index (χ3v) is 13.7. The Morgan fingerprint density at radius 1 is 0.290 bits per heavy atom. The molecule has 0 aliphatic carbocycles. The Balaban J connectivity index is 1.00. The summed E-state index contributed by atoms with van der Waals surface area (Å²) in [5.41, 5.74) is 11.4. The smallest absolute Gasteiger partial charge is 0.164 e. The van der Waals surface area contributed by atoms with Crippen molar-refractivity contribution >= 4 is 63.1 Å². The lowest BCUT2D eigenvalue weighted by Crippen LogP contribution is -2.00. The fourth-order valence-corrected chi connectivity index (χ4v) is 10.8. The largest absolute Gasteiger partial charge is 0.226 e. The van der Waals surface area contributed by atoms with E-state index in [4.69, 9.17) is 24.9 Å². The zero-order chi connectivity index (χ0) is 41.0. The summed E-state index contributed by atoms with van der Waals surface area (Å²) in [5, 5.41) is 3.44. The van der Waals surface area contributed by atoms with E-state index in [1.54, 1.807) is 22.7 Å². The number of hydrogen-bond donors (Lipinski definition) is 0. The first-order valence-corrected chi connectivity index (χ1v) is 22.1. The molecule has 7 heteroatoms. The molecule has 0 spiro atoms. The van der Waals surface area contributed by atoms with Crippen molar-refractivity contribution in [2.24, 2.45) is 0 Å². The molecule has 0 bridgehead atoms. The van der Waals surface area contributed by atoms with Gasteiger partial charge >= 0.3 is 0 Å². The van der Waals surface area contributed by atoms with Crippen LogP contribution in [0, 0.1) is 0 Å². The van der Waals surface area contributed by atoms with E-state index in [-0.39, 0.29) is 0 Å². The van der Waals surface area contributed by atoms with Crippen molar-refractivity contribution in [2.75, 3.05) is 0 Å². The van der Waals surface area contributed by atoms with Crippen LogP contribution in [0.3, 0.4) is 0 Å². The quantitative estimate of drug-likeness (QED) is 0.160. The van der Waals surface area contributed by atoms with Crippen LogP contribution in [0.25, 0.3) is 120 Å². The summed E-state index contributed by atoms with van der Waals surface area (Å²) in [6, 6.07) is 69.7. The Morgan fingerprint density at radius 3 is 1.55 bits per heavy atom. The van der Waals surface area contributed by atoms with E-state index in [9.17, 15) is 0 Å².